The first kappa shape index (κ1) is 20.7. The number of phenols is 1. The molecule has 0 saturated heterocycles. The Labute approximate surface area is 151 Å². The van der Waals surface area contributed by atoms with Gasteiger partial charge in [-0.25, -0.2) is 0 Å². The van der Waals surface area contributed by atoms with Gasteiger partial charge in [-0.05, 0) is 46.8 Å². The Hall–Kier alpha value is -2.39. The van der Waals surface area contributed by atoms with Crippen LogP contribution in [-0.2, 0) is 26.8 Å². The molecule has 1 aromatic carbocycles. The highest BCUT2D eigenvalue weighted by molar-refractivity contribution is 5.71. The van der Waals surface area contributed by atoms with Crippen LogP contribution < -0.4 is 0 Å². The van der Waals surface area contributed by atoms with Crippen molar-refractivity contribution in [3.05, 3.63) is 28.8 Å². The van der Waals surface area contributed by atoms with Gasteiger partial charge in [0.05, 0.1) is 6.42 Å². The number of ether oxygens (including phenoxy) is 1. The molecule has 0 aliphatic rings. The molecule has 0 heterocycles. The number of aromatic hydroxyl groups is 1. The van der Waals surface area contributed by atoms with Crippen LogP contribution in [0.5, 0.6) is 5.75 Å². The van der Waals surface area contributed by atoms with Gasteiger partial charge in [0.25, 0.3) is 0 Å². The molecule has 3 nitrogen and oxygen atoms in total. The lowest BCUT2D eigenvalue weighted by molar-refractivity contribution is -0.136. The van der Waals surface area contributed by atoms with Crippen LogP contribution in [0.1, 0.15) is 71.6 Å². The topological polar surface area (TPSA) is 46.5 Å². The van der Waals surface area contributed by atoms with Crippen LogP contribution in [0, 0.1) is 23.9 Å². The average Bonchev–Trinajstić information content (AvgIpc) is 2.48. The summed E-state index contributed by atoms with van der Waals surface area (Å²) in [6.07, 6.45) is 3.05. The van der Waals surface area contributed by atoms with E-state index in [1.54, 1.807) is 6.92 Å². The molecule has 0 unspecified atom stereocenters. The molecule has 0 radical (unpaired) electrons. The molecule has 3 heteroatoms. The summed E-state index contributed by atoms with van der Waals surface area (Å²) in [6, 6.07) is 3.96. The number of hydrogen-bond acceptors (Lipinski definition) is 3. The zero-order valence-corrected chi connectivity index (χ0v) is 16.3. The van der Waals surface area contributed by atoms with Crippen LogP contribution in [0.25, 0.3) is 0 Å². The van der Waals surface area contributed by atoms with Crippen LogP contribution in [0.4, 0.5) is 0 Å². The van der Waals surface area contributed by atoms with E-state index in [2.05, 4.69) is 65.4 Å². The molecule has 0 aliphatic heterocycles. The van der Waals surface area contributed by atoms with E-state index in [0.717, 1.165) is 16.7 Å². The number of carbonyl (C=O) groups is 1. The highest BCUT2D eigenvalue weighted by atomic mass is 16.5. The number of carbonyl (C=O) groups excluding carboxylic acids is 1. The van der Waals surface area contributed by atoms with Gasteiger partial charge in [0.1, 0.15) is 11.9 Å². The van der Waals surface area contributed by atoms with Crippen molar-refractivity contribution in [2.24, 2.45) is 0 Å². The molecule has 0 spiro atoms. The third-order valence-corrected chi connectivity index (χ3v) is 3.81. The first-order valence-electron chi connectivity index (χ1n) is 8.45. The Morgan fingerprint density at radius 3 is 2.00 bits per heavy atom. The van der Waals surface area contributed by atoms with E-state index in [0.29, 0.717) is 12.2 Å². The van der Waals surface area contributed by atoms with Crippen molar-refractivity contribution in [1.29, 1.82) is 0 Å². The summed E-state index contributed by atoms with van der Waals surface area (Å²) < 4.78 is 4.83. The molecule has 0 aromatic heterocycles. The summed E-state index contributed by atoms with van der Waals surface area (Å²) in [5.41, 5.74) is 2.41. The lowest BCUT2D eigenvalue weighted by Gasteiger charge is -2.28. The van der Waals surface area contributed by atoms with Gasteiger partial charge in [0, 0.05) is 5.92 Å². The maximum absolute atomic E-state index is 11.8. The molecule has 0 bridgehead atoms. The Kier molecular flexibility index (Phi) is 6.71. The standard InChI is InChI=1S/C22H28O3/c1-8-9-10-13-25-19(23)12-11-16-14-17(21(2,3)4)20(24)18(15-16)22(5,6)7/h14-15,24H,11-12H2,1-7H3. The Bertz CT molecular complexity index is 716. The molecule has 25 heavy (non-hydrogen) atoms. The molecule has 1 aromatic rings. The summed E-state index contributed by atoms with van der Waals surface area (Å²) >= 11 is 0. The zero-order valence-electron chi connectivity index (χ0n) is 16.3. The van der Waals surface area contributed by atoms with E-state index in [-0.39, 0.29) is 23.2 Å². The van der Waals surface area contributed by atoms with Crippen molar-refractivity contribution in [1.82, 2.24) is 0 Å². The molecule has 0 saturated carbocycles. The summed E-state index contributed by atoms with van der Waals surface area (Å²) in [7, 11) is 0. The Morgan fingerprint density at radius 2 is 1.56 bits per heavy atom. The number of hydrogen-bond donors (Lipinski definition) is 1. The van der Waals surface area contributed by atoms with Gasteiger partial charge in [-0.1, -0.05) is 59.6 Å². The molecular weight excluding hydrogens is 312 g/mol. The molecule has 134 valence electrons. The second-order valence-corrected chi connectivity index (χ2v) is 8.12. The smallest absolute Gasteiger partial charge is 0.320 e. The molecule has 1 N–H and O–H groups in total. The molecule has 0 aliphatic carbocycles. The molecule has 0 amide bonds. The molecule has 1 rings (SSSR count). The fourth-order valence-electron chi connectivity index (χ4n) is 2.45. The highest BCUT2D eigenvalue weighted by Crippen LogP contribution is 2.39. The van der Waals surface area contributed by atoms with Gasteiger partial charge >= 0.3 is 5.97 Å². The van der Waals surface area contributed by atoms with Gasteiger partial charge in [-0.3, -0.25) is 4.79 Å². The fraction of sp³-hybridized carbons (Fsp3) is 0.500. The second kappa shape index (κ2) is 8.13. The van der Waals surface area contributed by atoms with Crippen molar-refractivity contribution in [2.75, 3.05) is 0 Å². The largest absolute Gasteiger partial charge is 0.507 e. The van der Waals surface area contributed by atoms with Crippen molar-refractivity contribution in [3.63, 3.8) is 0 Å². The first-order chi connectivity index (χ1) is 11.5. The first-order valence-corrected chi connectivity index (χ1v) is 8.45. The lowest BCUT2D eigenvalue weighted by Crippen LogP contribution is -2.18. The van der Waals surface area contributed by atoms with Crippen LogP contribution in [0.2, 0.25) is 0 Å². The normalized spacial score (nSPS) is 11.0. The van der Waals surface area contributed by atoms with E-state index < -0.39 is 0 Å². The average molecular weight is 340 g/mol. The van der Waals surface area contributed by atoms with Crippen molar-refractivity contribution in [2.45, 2.75) is 72.1 Å². The third kappa shape index (κ3) is 6.20. The summed E-state index contributed by atoms with van der Waals surface area (Å²) in [5, 5.41) is 10.7. The monoisotopic (exact) mass is 340 g/mol. The fourth-order valence-corrected chi connectivity index (χ4v) is 2.45. The van der Waals surface area contributed by atoms with E-state index in [9.17, 15) is 9.90 Å². The summed E-state index contributed by atoms with van der Waals surface area (Å²) in [5.74, 6) is 7.53. The van der Waals surface area contributed by atoms with E-state index >= 15 is 0 Å². The minimum Gasteiger partial charge on any atom is -0.507 e. The van der Waals surface area contributed by atoms with Crippen LogP contribution in [0.15, 0.2) is 12.1 Å². The zero-order chi connectivity index (χ0) is 19.3. The number of esters is 1. The number of phenolic OH excluding ortho intramolecular Hbond substituents is 1. The summed E-state index contributed by atoms with van der Waals surface area (Å²) in [4.78, 5) is 11.8. The predicted octanol–water partition coefficient (Wildman–Crippen LogP) is 4.45. The highest BCUT2D eigenvalue weighted by Gasteiger charge is 2.26. The number of aryl methyl sites for hydroxylation is 1. The second-order valence-electron chi connectivity index (χ2n) is 8.12. The maximum Gasteiger partial charge on any atom is 0.320 e. The third-order valence-electron chi connectivity index (χ3n) is 3.81. The lowest BCUT2D eigenvalue weighted by atomic mass is 9.78. The number of rotatable bonds is 3. The summed E-state index contributed by atoms with van der Waals surface area (Å²) in [6.45, 7) is 14.1. The van der Waals surface area contributed by atoms with Crippen molar-refractivity contribution >= 4 is 5.97 Å². The van der Waals surface area contributed by atoms with Gasteiger partial charge in [0.15, 0.2) is 0 Å². The maximum atomic E-state index is 11.8. The minimum atomic E-state index is -0.381. The SMILES string of the molecule is CC#CC#COC(=O)CCc1cc(C(C)(C)C)c(O)c(C(C)(C)C)c1. The molecule has 0 atom stereocenters. The predicted molar refractivity (Wildman–Crippen MR) is 101 cm³/mol. The minimum absolute atomic E-state index is 0.190. The van der Waals surface area contributed by atoms with E-state index in [1.807, 2.05) is 12.1 Å². The van der Waals surface area contributed by atoms with Gasteiger partial charge in [0.2, 0.25) is 0 Å². The van der Waals surface area contributed by atoms with E-state index in [4.69, 9.17) is 4.74 Å². The molecular formula is C22H28O3. The van der Waals surface area contributed by atoms with Crippen molar-refractivity contribution in [3.8, 4) is 29.6 Å². The molecule has 0 fully saturated rings. The van der Waals surface area contributed by atoms with Gasteiger partial charge in [-0.15, -0.1) is 0 Å². The van der Waals surface area contributed by atoms with Crippen LogP contribution >= 0.6 is 0 Å². The van der Waals surface area contributed by atoms with E-state index in [1.165, 1.54) is 0 Å². The van der Waals surface area contributed by atoms with Crippen LogP contribution in [-0.4, -0.2) is 11.1 Å². The quantitative estimate of drug-likeness (QED) is 0.653. The van der Waals surface area contributed by atoms with Crippen LogP contribution in [0.3, 0.4) is 0 Å². The van der Waals surface area contributed by atoms with Gasteiger partial charge < -0.3 is 9.84 Å². The Morgan fingerprint density at radius 1 is 1.04 bits per heavy atom. The number of benzene rings is 1. The Balaban J connectivity index is 3.06. The van der Waals surface area contributed by atoms with Crippen molar-refractivity contribution < 1.29 is 14.6 Å². The van der Waals surface area contributed by atoms with Gasteiger partial charge in [-0.2, -0.15) is 0 Å².